The van der Waals surface area contributed by atoms with Crippen LogP contribution in [0.15, 0.2) is 42.7 Å². The monoisotopic (exact) mass is 448 g/mol. The summed E-state index contributed by atoms with van der Waals surface area (Å²) < 4.78 is 13.2. The number of ether oxygens (including phenoxy) is 2. The van der Waals surface area contributed by atoms with E-state index in [0.29, 0.717) is 24.6 Å². The number of aromatic nitrogens is 8. The van der Waals surface area contributed by atoms with E-state index in [9.17, 15) is 0 Å². The Hall–Kier alpha value is -3.50. The molecule has 10 nitrogen and oxygen atoms in total. The van der Waals surface area contributed by atoms with Crippen molar-refractivity contribution in [3.8, 4) is 22.5 Å². The highest BCUT2D eigenvalue weighted by Gasteiger charge is 2.35. The largest absolute Gasteiger partial charge is 0.347 e. The van der Waals surface area contributed by atoms with Gasteiger partial charge in [-0.1, -0.05) is 38.1 Å². The second-order valence-corrected chi connectivity index (χ2v) is 7.64. The molecule has 0 spiro atoms. The Labute approximate surface area is 192 Å². The average Bonchev–Trinajstić information content (AvgIpc) is 3.53. The number of nitrogens with zero attached hydrogens (tertiary/aromatic N) is 7. The highest BCUT2D eigenvalue weighted by atomic mass is 16.7. The van der Waals surface area contributed by atoms with Gasteiger partial charge in [-0.15, -0.1) is 10.2 Å². The van der Waals surface area contributed by atoms with Crippen molar-refractivity contribution in [2.75, 3.05) is 14.2 Å². The number of tetrazole rings is 1. The highest BCUT2D eigenvalue weighted by molar-refractivity contribution is 5.79. The lowest BCUT2D eigenvalue weighted by Gasteiger charge is -2.26. The van der Waals surface area contributed by atoms with Gasteiger partial charge in [0.15, 0.2) is 5.82 Å². The van der Waals surface area contributed by atoms with E-state index in [4.69, 9.17) is 19.6 Å². The van der Waals surface area contributed by atoms with Crippen molar-refractivity contribution in [1.29, 1.82) is 0 Å². The number of H-pyrrole nitrogens is 1. The van der Waals surface area contributed by atoms with Crippen molar-refractivity contribution >= 4 is 0 Å². The third-order valence-corrected chi connectivity index (χ3v) is 5.71. The maximum absolute atomic E-state index is 5.64. The van der Waals surface area contributed by atoms with E-state index in [1.54, 1.807) is 26.6 Å². The number of aromatic amines is 1. The summed E-state index contributed by atoms with van der Waals surface area (Å²) in [5.74, 6) is 1.11. The fourth-order valence-corrected chi connectivity index (χ4v) is 3.85. The SMILES string of the molecule is CCCc1nc(C(CC)(OC)OC)nn1Cc1ccc(-c2ccncc2-c2nnn[nH]2)cc1. The van der Waals surface area contributed by atoms with Gasteiger partial charge in [-0.2, -0.15) is 0 Å². The Morgan fingerprint density at radius 1 is 1.03 bits per heavy atom. The molecule has 3 aromatic heterocycles. The minimum Gasteiger partial charge on any atom is -0.347 e. The number of methoxy groups -OCH3 is 2. The van der Waals surface area contributed by atoms with Crippen molar-refractivity contribution in [3.05, 3.63) is 59.9 Å². The molecule has 0 aliphatic rings. The molecule has 4 aromatic rings. The number of nitrogens with one attached hydrogen (secondary N) is 1. The fraction of sp³-hybridized carbons (Fsp3) is 0.391. The summed E-state index contributed by atoms with van der Waals surface area (Å²) in [5, 5.41) is 18.9. The van der Waals surface area contributed by atoms with Gasteiger partial charge in [-0.25, -0.2) is 14.8 Å². The Morgan fingerprint density at radius 2 is 1.82 bits per heavy atom. The summed E-state index contributed by atoms with van der Waals surface area (Å²) in [5.41, 5.74) is 4.00. The zero-order valence-electron chi connectivity index (χ0n) is 19.3. The van der Waals surface area contributed by atoms with Crippen LogP contribution in [0.4, 0.5) is 0 Å². The number of rotatable bonds is 10. The molecule has 0 fully saturated rings. The van der Waals surface area contributed by atoms with Gasteiger partial charge in [0, 0.05) is 45.0 Å². The molecule has 0 bridgehead atoms. The molecule has 33 heavy (non-hydrogen) atoms. The van der Waals surface area contributed by atoms with Crippen molar-refractivity contribution in [3.63, 3.8) is 0 Å². The molecule has 1 aromatic carbocycles. The van der Waals surface area contributed by atoms with Crippen molar-refractivity contribution in [2.24, 2.45) is 0 Å². The molecule has 172 valence electrons. The molecule has 0 aliphatic heterocycles. The first-order chi connectivity index (χ1) is 16.1. The first kappa shape index (κ1) is 22.7. The summed E-state index contributed by atoms with van der Waals surface area (Å²) >= 11 is 0. The fourth-order valence-electron chi connectivity index (χ4n) is 3.85. The maximum Gasteiger partial charge on any atom is 0.231 e. The van der Waals surface area contributed by atoms with Crippen LogP contribution in [0.3, 0.4) is 0 Å². The van der Waals surface area contributed by atoms with Crippen LogP contribution in [-0.2, 0) is 28.2 Å². The molecule has 0 aliphatic carbocycles. The summed E-state index contributed by atoms with van der Waals surface area (Å²) in [6.07, 6.45) is 5.92. The van der Waals surface area contributed by atoms with Gasteiger partial charge in [0.2, 0.25) is 11.6 Å². The standard InChI is InChI=1S/C23H28N8O2/c1-5-7-20-25-22(23(6-2,32-3)33-4)28-31(20)15-16-8-10-17(11-9-16)18-12-13-24-14-19(18)21-26-29-30-27-21/h8-14H,5-7,15H2,1-4H3,(H,26,27,29,30). The highest BCUT2D eigenvalue weighted by Crippen LogP contribution is 2.30. The lowest BCUT2D eigenvalue weighted by atomic mass is 10.00. The smallest absolute Gasteiger partial charge is 0.231 e. The van der Waals surface area contributed by atoms with Crippen LogP contribution in [0, 0.1) is 0 Å². The molecule has 0 saturated heterocycles. The minimum absolute atomic E-state index is 0.553. The first-order valence-electron chi connectivity index (χ1n) is 11.0. The zero-order chi connectivity index (χ0) is 23.3. The van der Waals surface area contributed by atoms with E-state index in [0.717, 1.165) is 40.9 Å². The van der Waals surface area contributed by atoms with Crippen LogP contribution < -0.4 is 0 Å². The van der Waals surface area contributed by atoms with Crippen molar-refractivity contribution in [1.82, 2.24) is 40.4 Å². The Morgan fingerprint density at radius 3 is 2.45 bits per heavy atom. The minimum atomic E-state index is -0.940. The Kier molecular flexibility index (Phi) is 6.85. The number of pyridine rings is 1. The molecule has 4 rings (SSSR count). The maximum atomic E-state index is 5.64. The molecule has 1 N–H and O–H groups in total. The van der Waals surface area contributed by atoms with Gasteiger partial charge in [0.1, 0.15) is 5.82 Å². The molecular formula is C23H28N8O2. The van der Waals surface area contributed by atoms with E-state index in [2.05, 4.69) is 56.8 Å². The van der Waals surface area contributed by atoms with E-state index < -0.39 is 5.79 Å². The predicted octanol–water partition coefficient (Wildman–Crippen LogP) is 3.38. The summed E-state index contributed by atoms with van der Waals surface area (Å²) in [7, 11) is 3.24. The summed E-state index contributed by atoms with van der Waals surface area (Å²) in [6, 6.07) is 10.3. The third kappa shape index (κ3) is 4.53. The van der Waals surface area contributed by atoms with Crippen molar-refractivity contribution < 1.29 is 9.47 Å². The number of hydrogen-bond acceptors (Lipinski definition) is 8. The van der Waals surface area contributed by atoms with Gasteiger partial charge >= 0.3 is 0 Å². The van der Waals surface area contributed by atoms with Crippen LogP contribution in [0.1, 0.15) is 43.9 Å². The van der Waals surface area contributed by atoms with Gasteiger partial charge in [-0.05, 0) is 39.6 Å². The topological polar surface area (TPSA) is 117 Å². The number of hydrogen-bond donors (Lipinski definition) is 1. The summed E-state index contributed by atoms with van der Waals surface area (Å²) in [4.78, 5) is 8.97. The molecule has 0 amide bonds. The van der Waals surface area contributed by atoms with E-state index in [1.165, 1.54) is 0 Å². The van der Waals surface area contributed by atoms with E-state index >= 15 is 0 Å². The molecule has 0 unspecified atom stereocenters. The zero-order valence-corrected chi connectivity index (χ0v) is 19.3. The van der Waals surface area contributed by atoms with Crippen LogP contribution in [0.25, 0.3) is 22.5 Å². The van der Waals surface area contributed by atoms with E-state index in [1.807, 2.05) is 17.7 Å². The number of aryl methyl sites for hydroxylation is 1. The second-order valence-electron chi connectivity index (χ2n) is 7.64. The van der Waals surface area contributed by atoms with Crippen LogP contribution >= 0.6 is 0 Å². The van der Waals surface area contributed by atoms with Crippen LogP contribution in [0.2, 0.25) is 0 Å². The van der Waals surface area contributed by atoms with Gasteiger partial charge < -0.3 is 9.47 Å². The van der Waals surface area contributed by atoms with Crippen molar-refractivity contribution in [2.45, 2.75) is 45.4 Å². The van der Waals surface area contributed by atoms with Gasteiger partial charge in [0.05, 0.1) is 6.54 Å². The first-order valence-corrected chi connectivity index (χ1v) is 11.0. The third-order valence-electron chi connectivity index (χ3n) is 5.71. The molecule has 10 heteroatoms. The van der Waals surface area contributed by atoms with E-state index in [-0.39, 0.29) is 0 Å². The quantitative estimate of drug-likeness (QED) is 0.367. The van der Waals surface area contributed by atoms with Crippen LogP contribution in [-0.4, -0.2) is 54.6 Å². The molecule has 0 radical (unpaired) electrons. The Bertz CT molecular complexity index is 1160. The summed E-state index contributed by atoms with van der Waals surface area (Å²) in [6.45, 7) is 4.72. The molecule has 0 saturated carbocycles. The molecule has 0 atom stereocenters. The lowest BCUT2D eigenvalue weighted by molar-refractivity contribution is -0.222. The second kappa shape index (κ2) is 9.97. The predicted molar refractivity (Wildman–Crippen MR) is 122 cm³/mol. The lowest BCUT2D eigenvalue weighted by Crippen LogP contribution is -2.31. The van der Waals surface area contributed by atoms with Gasteiger partial charge in [-0.3, -0.25) is 4.98 Å². The number of benzene rings is 1. The average molecular weight is 449 g/mol. The Balaban J connectivity index is 1.62. The molecular weight excluding hydrogens is 420 g/mol. The van der Waals surface area contributed by atoms with Crippen LogP contribution in [0.5, 0.6) is 0 Å². The molecule has 3 heterocycles. The normalized spacial score (nSPS) is 11.8. The van der Waals surface area contributed by atoms with Gasteiger partial charge in [0.25, 0.3) is 0 Å².